The quantitative estimate of drug-likeness (QED) is 0.333. The fraction of sp³-hybridized carbons (Fsp3) is 0.333. The molecule has 0 atom stereocenters. The predicted molar refractivity (Wildman–Crippen MR) is 149 cm³/mol. The molecule has 0 aliphatic carbocycles. The number of rotatable bonds is 6. The van der Waals surface area contributed by atoms with Crippen molar-refractivity contribution in [1.82, 2.24) is 34.7 Å². The number of imidazole rings is 1. The molecular formula is C30H33N7O2. The SMILES string of the molecule is CC1(C)CC(O)(c2ccn3cc(-c4ccc(-n5nccn5)cc4OCc4ccccc4)nc3n2)CC(C)(C)N1. The van der Waals surface area contributed by atoms with E-state index in [0.717, 1.165) is 22.5 Å². The normalized spacial score (nSPS) is 17.8. The first-order chi connectivity index (χ1) is 18.6. The van der Waals surface area contributed by atoms with Gasteiger partial charge in [-0.15, -0.1) is 0 Å². The second kappa shape index (κ2) is 9.29. The third kappa shape index (κ3) is 5.15. The topological polar surface area (TPSA) is 102 Å². The van der Waals surface area contributed by atoms with Gasteiger partial charge in [-0.05, 0) is 64.3 Å². The molecule has 9 heteroatoms. The lowest BCUT2D eigenvalue weighted by atomic mass is 9.71. The highest BCUT2D eigenvalue weighted by Crippen LogP contribution is 2.42. The first-order valence-corrected chi connectivity index (χ1v) is 13.2. The molecule has 5 aromatic rings. The van der Waals surface area contributed by atoms with Gasteiger partial charge >= 0.3 is 0 Å². The Bertz CT molecular complexity index is 1590. The summed E-state index contributed by atoms with van der Waals surface area (Å²) in [7, 11) is 0. The highest BCUT2D eigenvalue weighted by molar-refractivity contribution is 5.70. The van der Waals surface area contributed by atoms with Gasteiger partial charge in [0, 0.05) is 35.1 Å². The van der Waals surface area contributed by atoms with Crippen molar-refractivity contribution >= 4 is 5.78 Å². The van der Waals surface area contributed by atoms with Crippen molar-refractivity contribution in [3.05, 3.63) is 90.6 Å². The van der Waals surface area contributed by atoms with Crippen LogP contribution in [0.15, 0.2) is 79.4 Å². The Morgan fingerprint density at radius 3 is 2.36 bits per heavy atom. The maximum absolute atomic E-state index is 11.8. The molecule has 1 fully saturated rings. The Morgan fingerprint density at radius 2 is 1.64 bits per heavy atom. The summed E-state index contributed by atoms with van der Waals surface area (Å²) in [6, 6.07) is 17.8. The van der Waals surface area contributed by atoms with E-state index >= 15 is 0 Å². The van der Waals surface area contributed by atoms with Gasteiger partial charge in [-0.3, -0.25) is 4.40 Å². The van der Waals surface area contributed by atoms with Gasteiger partial charge in [0.25, 0.3) is 0 Å². The fourth-order valence-corrected chi connectivity index (χ4v) is 6.02. The summed E-state index contributed by atoms with van der Waals surface area (Å²) in [6.07, 6.45) is 8.25. The molecule has 2 aromatic carbocycles. The lowest BCUT2D eigenvalue weighted by Gasteiger charge is -2.50. The van der Waals surface area contributed by atoms with Crippen LogP contribution in [-0.4, -0.2) is 45.5 Å². The van der Waals surface area contributed by atoms with Crippen LogP contribution in [0.4, 0.5) is 0 Å². The summed E-state index contributed by atoms with van der Waals surface area (Å²) >= 11 is 0. The maximum Gasteiger partial charge on any atom is 0.234 e. The summed E-state index contributed by atoms with van der Waals surface area (Å²) in [4.78, 5) is 11.3. The van der Waals surface area contributed by atoms with Crippen LogP contribution in [0.5, 0.6) is 5.75 Å². The maximum atomic E-state index is 11.8. The summed E-state index contributed by atoms with van der Waals surface area (Å²) in [5, 5.41) is 23.9. The van der Waals surface area contributed by atoms with Crippen LogP contribution in [0, 0.1) is 0 Å². The van der Waals surface area contributed by atoms with Crippen LogP contribution in [0.25, 0.3) is 22.7 Å². The van der Waals surface area contributed by atoms with Crippen molar-refractivity contribution in [2.24, 2.45) is 0 Å². The van der Waals surface area contributed by atoms with Gasteiger partial charge in [-0.1, -0.05) is 30.3 Å². The largest absolute Gasteiger partial charge is 0.488 e. The third-order valence-electron chi connectivity index (χ3n) is 7.08. The number of fused-ring (bicyclic) bond motifs is 1. The lowest BCUT2D eigenvalue weighted by molar-refractivity contribution is -0.0643. The van der Waals surface area contributed by atoms with Crippen LogP contribution < -0.4 is 10.1 Å². The Labute approximate surface area is 227 Å². The van der Waals surface area contributed by atoms with Crippen molar-refractivity contribution in [2.45, 2.75) is 63.8 Å². The third-order valence-corrected chi connectivity index (χ3v) is 7.08. The summed E-state index contributed by atoms with van der Waals surface area (Å²) in [5.41, 5.74) is 2.51. The van der Waals surface area contributed by atoms with Gasteiger partial charge < -0.3 is 15.2 Å². The minimum atomic E-state index is -1.06. The molecule has 1 aliphatic rings. The van der Waals surface area contributed by atoms with E-state index in [4.69, 9.17) is 14.7 Å². The second-order valence-electron chi connectivity index (χ2n) is 11.7. The molecule has 0 bridgehead atoms. The molecule has 0 saturated carbocycles. The van der Waals surface area contributed by atoms with E-state index in [9.17, 15) is 5.11 Å². The average molecular weight is 524 g/mol. The molecule has 0 spiro atoms. The minimum absolute atomic E-state index is 0.235. The summed E-state index contributed by atoms with van der Waals surface area (Å²) in [5.74, 6) is 1.19. The predicted octanol–water partition coefficient (Wildman–Crippen LogP) is 4.68. The number of piperidine rings is 1. The van der Waals surface area contributed by atoms with Crippen LogP contribution in [0.1, 0.15) is 51.8 Å². The van der Waals surface area contributed by atoms with Gasteiger partial charge in [0.05, 0.1) is 29.5 Å². The minimum Gasteiger partial charge on any atom is -0.488 e. The number of ether oxygens (including phenoxy) is 1. The van der Waals surface area contributed by atoms with Gasteiger partial charge in [0.15, 0.2) is 0 Å². The number of hydrogen-bond donors (Lipinski definition) is 2. The molecule has 1 saturated heterocycles. The molecule has 39 heavy (non-hydrogen) atoms. The smallest absolute Gasteiger partial charge is 0.234 e. The molecule has 6 rings (SSSR count). The lowest BCUT2D eigenvalue weighted by Crippen LogP contribution is -2.62. The highest BCUT2D eigenvalue weighted by atomic mass is 16.5. The van der Waals surface area contributed by atoms with Crippen LogP contribution in [-0.2, 0) is 12.2 Å². The van der Waals surface area contributed by atoms with E-state index in [1.165, 1.54) is 0 Å². The number of nitrogens with one attached hydrogen (secondary N) is 1. The Morgan fingerprint density at radius 1 is 0.923 bits per heavy atom. The monoisotopic (exact) mass is 523 g/mol. The number of benzene rings is 2. The fourth-order valence-electron chi connectivity index (χ4n) is 6.02. The molecule has 0 radical (unpaired) electrons. The van der Waals surface area contributed by atoms with E-state index in [1.807, 2.05) is 71.4 Å². The molecule has 0 unspecified atom stereocenters. The van der Waals surface area contributed by atoms with Gasteiger partial charge in [0.2, 0.25) is 5.78 Å². The molecule has 3 aromatic heterocycles. The summed E-state index contributed by atoms with van der Waals surface area (Å²) in [6.45, 7) is 8.87. The van der Waals surface area contributed by atoms with E-state index in [1.54, 1.807) is 17.2 Å². The van der Waals surface area contributed by atoms with Crippen molar-refractivity contribution in [2.75, 3.05) is 0 Å². The Hall–Kier alpha value is -4.08. The number of aromatic nitrogens is 6. The van der Waals surface area contributed by atoms with Crippen molar-refractivity contribution in [3.63, 3.8) is 0 Å². The van der Waals surface area contributed by atoms with E-state index < -0.39 is 5.60 Å². The zero-order chi connectivity index (χ0) is 27.3. The molecule has 1 aliphatic heterocycles. The van der Waals surface area contributed by atoms with Crippen molar-refractivity contribution in [3.8, 4) is 22.7 Å². The zero-order valence-electron chi connectivity index (χ0n) is 22.7. The van der Waals surface area contributed by atoms with Crippen LogP contribution >= 0.6 is 0 Å². The highest BCUT2D eigenvalue weighted by Gasteiger charge is 2.47. The first-order valence-electron chi connectivity index (χ1n) is 13.2. The Kier molecular flexibility index (Phi) is 6.00. The van der Waals surface area contributed by atoms with Crippen molar-refractivity contribution < 1.29 is 9.84 Å². The molecule has 4 heterocycles. The van der Waals surface area contributed by atoms with Crippen molar-refractivity contribution in [1.29, 1.82) is 0 Å². The van der Waals surface area contributed by atoms with Crippen LogP contribution in [0.2, 0.25) is 0 Å². The molecule has 0 amide bonds. The van der Waals surface area contributed by atoms with Gasteiger partial charge in [-0.25, -0.2) is 9.97 Å². The molecule has 2 N–H and O–H groups in total. The number of aliphatic hydroxyl groups is 1. The average Bonchev–Trinajstić information content (AvgIpc) is 3.56. The van der Waals surface area contributed by atoms with E-state index in [-0.39, 0.29) is 11.1 Å². The molecular weight excluding hydrogens is 490 g/mol. The Balaban J connectivity index is 1.37. The van der Waals surface area contributed by atoms with Gasteiger partial charge in [0.1, 0.15) is 18.0 Å². The van der Waals surface area contributed by atoms with E-state index in [0.29, 0.717) is 36.7 Å². The number of hydrogen-bond acceptors (Lipinski definition) is 7. The second-order valence-corrected chi connectivity index (χ2v) is 11.7. The summed E-state index contributed by atoms with van der Waals surface area (Å²) < 4.78 is 8.19. The molecule has 200 valence electrons. The van der Waals surface area contributed by atoms with Gasteiger partial charge in [-0.2, -0.15) is 15.0 Å². The standard InChI is InChI=1S/C30H33N7O2/c1-28(2)19-30(38,20-29(3,4)35-28)26-12-15-36-17-24(33-27(36)34-26)23-11-10-22(37-31-13-14-32-37)16-25(23)39-18-21-8-6-5-7-9-21/h5-17,35,38H,18-20H2,1-4H3. The molecule has 9 nitrogen and oxygen atoms in total. The first kappa shape index (κ1) is 25.2. The number of nitrogens with zero attached hydrogens (tertiary/aromatic N) is 6. The zero-order valence-corrected chi connectivity index (χ0v) is 22.7. The van der Waals surface area contributed by atoms with E-state index in [2.05, 4.69) is 43.2 Å². The van der Waals surface area contributed by atoms with Crippen LogP contribution in [0.3, 0.4) is 0 Å².